The lowest BCUT2D eigenvalue weighted by atomic mass is 10.2. The van der Waals surface area contributed by atoms with Crippen LogP contribution in [0.4, 0.5) is 0 Å². The van der Waals surface area contributed by atoms with Gasteiger partial charge in [0.05, 0.1) is 6.54 Å². The van der Waals surface area contributed by atoms with E-state index in [4.69, 9.17) is 9.47 Å². The largest absolute Gasteiger partial charge is 0.486 e. The van der Waals surface area contributed by atoms with Gasteiger partial charge in [0.2, 0.25) is 5.91 Å². The molecule has 2 aliphatic rings. The van der Waals surface area contributed by atoms with Crippen molar-refractivity contribution in [1.82, 2.24) is 14.7 Å². The van der Waals surface area contributed by atoms with E-state index in [1.807, 2.05) is 31.3 Å². The molecule has 0 aromatic heterocycles. The van der Waals surface area contributed by atoms with Gasteiger partial charge in [-0.3, -0.25) is 14.6 Å². The molecule has 6 nitrogen and oxygen atoms in total. The average Bonchev–Trinajstić information content (AvgIpc) is 2.81. The number of benzene rings is 2. The minimum atomic E-state index is 0.146. The lowest BCUT2D eigenvalue weighted by molar-refractivity contribution is -0.132. The van der Waals surface area contributed by atoms with Crippen LogP contribution in [0.5, 0.6) is 11.5 Å². The number of piperazine rings is 1. The molecule has 2 aromatic carbocycles. The second-order valence-electron chi connectivity index (χ2n) is 8.12. The van der Waals surface area contributed by atoms with E-state index < -0.39 is 0 Å². The predicted molar refractivity (Wildman–Crippen MR) is 122 cm³/mol. The highest BCUT2D eigenvalue weighted by molar-refractivity contribution is 5.78. The molecule has 0 spiro atoms. The Kier molecular flexibility index (Phi) is 7.22. The molecule has 1 saturated heterocycles. The fourth-order valence-electron chi connectivity index (χ4n) is 3.89. The molecular weight excluding hydrogens is 390 g/mol. The van der Waals surface area contributed by atoms with Crippen LogP contribution in [0.2, 0.25) is 0 Å². The van der Waals surface area contributed by atoms with Crippen LogP contribution >= 0.6 is 0 Å². The fourth-order valence-corrected chi connectivity index (χ4v) is 3.89. The number of ether oxygens (including phenoxy) is 2. The summed E-state index contributed by atoms with van der Waals surface area (Å²) >= 11 is 0. The van der Waals surface area contributed by atoms with Crippen LogP contribution < -0.4 is 9.47 Å². The Balaban J connectivity index is 1.19. The minimum Gasteiger partial charge on any atom is -0.486 e. The molecule has 6 heteroatoms. The van der Waals surface area contributed by atoms with Crippen molar-refractivity contribution >= 4 is 12.0 Å². The molecule has 0 saturated carbocycles. The molecule has 1 fully saturated rings. The first-order valence-electron chi connectivity index (χ1n) is 11.0. The van der Waals surface area contributed by atoms with Crippen LogP contribution in [0.25, 0.3) is 6.08 Å². The SMILES string of the molecule is CN(Cc1ccc2c(c1)OCCO2)C(=O)CN1CCN(C/C=C/c2ccccc2)CC1. The van der Waals surface area contributed by atoms with Gasteiger partial charge in [-0.25, -0.2) is 0 Å². The maximum absolute atomic E-state index is 12.7. The van der Waals surface area contributed by atoms with E-state index in [-0.39, 0.29) is 5.91 Å². The number of nitrogens with zero attached hydrogens (tertiary/aromatic N) is 3. The summed E-state index contributed by atoms with van der Waals surface area (Å²) in [5.41, 5.74) is 2.28. The van der Waals surface area contributed by atoms with Gasteiger partial charge in [0, 0.05) is 46.3 Å². The molecule has 4 rings (SSSR count). The van der Waals surface area contributed by atoms with Crippen LogP contribution in [-0.2, 0) is 11.3 Å². The monoisotopic (exact) mass is 421 g/mol. The molecular formula is C25H31N3O3. The molecule has 0 atom stereocenters. The van der Waals surface area contributed by atoms with E-state index >= 15 is 0 Å². The molecule has 0 N–H and O–H groups in total. The number of hydrogen-bond acceptors (Lipinski definition) is 5. The lowest BCUT2D eigenvalue weighted by Crippen LogP contribution is -2.49. The Hall–Kier alpha value is -2.83. The smallest absolute Gasteiger partial charge is 0.236 e. The zero-order valence-corrected chi connectivity index (χ0v) is 18.2. The summed E-state index contributed by atoms with van der Waals surface area (Å²) in [6.45, 7) is 6.94. The number of fused-ring (bicyclic) bond motifs is 1. The van der Waals surface area contributed by atoms with Gasteiger partial charge >= 0.3 is 0 Å². The maximum Gasteiger partial charge on any atom is 0.236 e. The lowest BCUT2D eigenvalue weighted by Gasteiger charge is -2.34. The number of amides is 1. The highest BCUT2D eigenvalue weighted by atomic mass is 16.6. The van der Waals surface area contributed by atoms with Gasteiger partial charge in [0.1, 0.15) is 13.2 Å². The Bertz CT molecular complexity index is 892. The average molecular weight is 422 g/mol. The van der Waals surface area contributed by atoms with Crippen molar-refractivity contribution < 1.29 is 14.3 Å². The number of likely N-dealkylation sites (N-methyl/N-ethyl adjacent to an activating group) is 1. The summed E-state index contributed by atoms with van der Waals surface area (Å²) in [6, 6.07) is 16.3. The topological polar surface area (TPSA) is 45.3 Å². The molecule has 0 unspecified atom stereocenters. The summed E-state index contributed by atoms with van der Waals surface area (Å²) in [5.74, 6) is 1.69. The first-order valence-corrected chi connectivity index (χ1v) is 11.0. The standard InChI is InChI=1S/C25H31N3O3/c1-26(19-22-9-10-23-24(18-22)31-17-16-30-23)25(29)20-28-14-12-27(13-15-28)11-5-8-21-6-3-2-4-7-21/h2-10,18H,11-17,19-20H2,1H3/b8-5+. The third-order valence-corrected chi connectivity index (χ3v) is 5.75. The van der Waals surface area contributed by atoms with Gasteiger partial charge in [0.25, 0.3) is 0 Å². The third-order valence-electron chi connectivity index (χ3n) is 5.75. The first-order chi connectivity index (χ1) is 15.2. The predicted octanol–water partition coefficient (Wildman–Crippen LogP) is 2.75. The van der Waals surface area contributed by atoms with Crippen molar-refractivity contribution in [2.45, 2.75) is 6.54 Å². The van der Waals surface area contributed by atoms with E-state index in [0.717, 1.165) is 49.8 Å². The van der Waals surface area contributed by atoms with Crippen molar-refractivity contribution in [3.63, 3.8) is 0 Å². The van der Waals surface area contributed by atoms with Crippen LogP contribution in [0.15, 0.2) is 54.6 Å². The highest BCUT2D eigenvalue weighted by Crippen LogP contribution is 2.31. The summed E-state index contributed by atoms with van der Waals surface area (Å²) in [7, 11) is 1.86. The van der Waals surface area contributed by atoms with E-state index in [2.05, 4.69) is 46.2 Å². The van der Waals surface area contributed by atoms with Gasteiger partial charge in [0.15, 0.2) is 11.5 Å². The zero-order chi connectivity index (χ0) is 21.5. The maximum atomic E-state index is 12.7. The second kappa shape index (κ2) is 10.5. The van der Waals surface area contributed by atoms with E-state index in [1.165, 1.54) is 5.56 Å². The normalized spacial score (nSPS) is 17.1. The Labute approximate surface area is 184 Å². The molecule has 0 bridgehead atoms. The van der Waals surface area contributed by atoms with Crippen molar-refractivity contribution in [2.24, 2.45) is 0 Å². The first kappa shape index (κ1) is 21.4. The van der Waals surface area contributed by atoms with Crippen LogP contribution in [0, 0.1) is 0 Å². The summed E-state index contributed by atoms with van der Waals surface area (Å²) < 4.78 is 11.2. The molecule has 31 heavy (non-hydrogen) atoms. The second-order valence-corrected chi connectivity index (χ2v) is 8.12. The van der Waals surface area contributed by atoms with E-state index in [1.54, 1.807) is 4.90 Å². The highest BCUT2D eigenvalue weighted by Gasteiger charge is 2.20. The summed E-state index contributed by atoms with van der Waals surface area (Å²) in [6.07, 6.45) is 4.39. The third kappa shape index (κ3) is 6.09. The molecule has 2 heterocycles. The summed E-state index contributed by atoms with van der Waals surface area (Å²) in [4.78, 5) is 19.2. The minimum absolute atomic E-state index is 0.146. The molecule has 1 amide bonds. The number of hydrogen-bond donors (Lipinski definition) is 0. The molecule has 0 radical (unpaired) electrons. The van der Waals surface area contributed by atoms with Gasteiger partial charge < -0.3 is 14.4 Å². The quantitative estimate of drug-likeness (QED) is 0.688. The zero-order valence-electron chi connectivity index (χ0n) is 18.2. The van der Waals surface area contributed by atoms with Gasteiger partial charge in [-0.05, 0) is 23.3 Å². The van der Waals surface area contributed by atoms with Gasteiger partial charge in [-0.1, -0.05) is 48.6 Å². The van der Waals surface area contributed by atoms with Crippen molar-refractivity contribution in [2.75, 3.05) is 59.5 Å². The molecule has 2 aromatic rings. The van der Waals surface area contributed by atoms with Crippen molar-refractivity contribution in [1.29, 1.82) is 0 Å². The molecule has 2 aliphatic heterocycles. The number of rotatable bonds is 7. The van der Waals surface area contributed by atoms with Gasteiger partial charge in [-0.15, -0.1) is 0 Å². The Morgan fingerprint density at radius 1 is 0.968 bits per heavy atom. The van der Waals surface area contributed by atoms with Crippen LogP contribution in [-0.4, -0.2) is 80.1 Å². The van der Waals surface area contributed by atoms with Crippen LogP contribution in [0.1, 0.15) is 11.1 Å². The Morgan fingerprint density at radius 3 is 2.45 bits per heavy atom. The van der Waals surface area contributed by atoms with Crippen molar-refractivity contribution in [3.8, 4) is 11.5 Å². The van der Waals surface area contributed by atoms with E-state index in [9.17, 15) is 4.79 Å². The van der Waals surface area contributed by atoms with Crippen molar-refractivity contribution in [3.05, 3.63) is 65.7 Å². The number of carbonyl (C=O) groups is 1. The number of carbonyl (C=O) groups excluding carboxylic acids is 1. The fraction of sp³-hybridized carbons (Fsp3) is 0.400. The molecule has 164 valence electrons. The van der Waals surface area contributed by atoms with Gasteiger partial charge in [-0.2, -0.15) is 0 Å². The Morgan fingerprint density at radius 2 is 1.68 bits per heavy atom. The van der Waals surface area contributed by atoms with Crippen LogP contribution in [0.3, 0.4) is 0 Å². The molecule has 0 aliphatic carbocycles. The summed E-state index contributed by atoms with van der Waals surface area (Å²) in [5, 5.41) is 0. The van der Waals surface area contributed by atoms with E-state index in [0.29, 0.717) is 26.3 Å².